The first-order valence-electron chi connectivity index (χ1n) is 5.92. The number of hydrogen-bond acceptors (Lipinski definition) is 6. The fourth-order valence-electron chi connectivity index (χ4n) is 1.87. The summed E-state index contributed by atoms with van der Waals surface area (Å²) in [6.45, 7) is 4.03. The van der Waals surface area contributed by atoms with Gasteiger partial charge in [-0.25, -0.2) is 15.8 Å². The van der Waals surface area contributed by atoms with Crippen molar-refractivity contribution in [1.82, 2.24) is 15.4 Å². The van der Waals surface area contributed by atoms with Crippen molar-refractivity contribution in [1.29, 1.82) is 0 Å². The molecule has 1 aromatic heterocycles. The van der Waals surface area contributed by atoms with Gasteiger partial charge in [-0.15, -0.1) is 0 Å². The molecule has 6 nitrogen and oxygen atoms in total. The number of amides is 1. The highest BCUT2D eigenvalue weighted by atomic mass is 32.2. The Labute approximate surface area is 110 Å². The van der Waals surface area contributed by atoms with Crippen LogP contribution in [0.5, 0.6) is 0 Å². The average Bonchev–Trinajstić information content (AvgIpc) is 2.89. The van der Waals surface area contributed by atoms with E-state index in [1.807, 2.05) is 13.0 Å². The van der Waals surface area contributed by atoms with Crippen LogP contribution in [0, 0.1) is 6.92 Å². The summed E-state index contributed by atoms with van der Waals surface area (Å²) in [6, 6.07) is 1.98. The Hall–Kier alpha value is -1.34. The highest BCUT2D eigenvalue weighted by molar-refractivity contribution is 7.99. The minimum Gasteiger partial charge on any atom is -0.356 e. The molecule has 1 amide bonds. The fraction of sp³-hybridized carbons (Fsp3) is 0.545. The van der Waals surface area contributed by atoms with E-state index in [4.69, 9.17) is 5.84 Å². The lowest BCUT2D eigenvalue weighted by Gasteiger charge is -2.17. The number of aromatic nitrogens is 2. The van der Waals surface area contributed by atoms with Crippen LogP contribution in [0.1, 0.15) is 18.5 Å². The SMILES string of the molecule is Cc1cc(N2CCCC2)nc(SCC(=O)NN)n1. The maximum Gasteiger partial charge on any atom is 0.244 e. The molecule has 2 rings (SSSR count). The maximum atomic E-state index is 11.1. The first-order valence-corrected chi connectivity index (χ1v) is 6.90. The quantitative estimate of drug-likeness (QED) is 0.271. The molecule has 0 bridgehead atoms. The van der Waals surface area contributed by atoms with Crippen molar-refractivity contribution in [2.75, 3.05) is 23.7 Å². The van der Waals surface area contributed by atoms with E-state index >= 15 is 0 Å². The second-order valence-corrected chi connectivity index (χ2v) is 5.14. The molecule has 0 aromatic carbocycles. The lowest BCUT2D eigenvalue weighted by molar-refractivity contribution is -0.118. The Kier molecular flexibility index (Phi) is 4.38. The zero-order chi connectivity index (χ0) is 13.0. The number of nitrogens with one attached hydrogen (secondary N) is 1. The number of hydrogen-bond donors (Lipinski definition) is 2. The normalized spacial score (nSPS) is 14.9. The van der Waals surface area contributed by atoms with E-state index in [1.165, 1.54) is 24.6 Å². The van der Waals surface area contributed by atoms with Gasteiger partial charge in [-0.05, 0) is 19.8 Å². The fourth-order valence-corrected chi connectivity index (χ4v) is 2.58. The van der Waals surface area contributed by atoms with Crippen LogP contribution in [0.4, 0.5) is 5.82 Å². The molecular weight excluding hydrogens is 250 g/mol. The van der Waals surface area contributed by atoms with Gasteiger partial charge in [-0.1, -0.05) is 11.8 Å². The molecule has 7 heteroatoms. The molecule has 0 spiro atoms. The molecule has 1 aromatic rings. The topological polar surface area (TPSA) is 84.1 Å². The molecule has 0 aliphatic carbocycles. The first kappa shape index (κ1) is 13.1. The van der Waals surface area contributed by atoms with Crippen molar-refractivity contribution < 1.29 is 4.79 Å². The van der Waals surface area contributed by atoms with Gasteiger partial charge in [0.2, 0.25) is 5.91 Å². The summed E-state index contributed by atoms with van der Waals surface area (Å²) in [5.41, 5.74) is 3.01. The van der Waals surface area contributed by atoms with Crippen molar-refractivity contribution in [3.8, 4) is 0 Å². The van der Waals surface area contributed by atoms with Crippen LogP contribution < -0.4 is 16.2 Å². The zero-order valence-corrected chi connectivity index (χ0v) is 11.2. The van der Waals surface area contributed by atoms with E-state index in [0.717, 1.165) is 24.6 Å². The van der Waals surface area contributed by atoms with Gasteiger partial charge < -0.3 is 4.90 Å². The molecule has 98 valence electrons. The van der Waals surface area contributed by atoms with Crippen LogP contribution in [-0.4, -0.2) is 34.7 Å². The number of aryl methyl sites for hydroxylation is 1. The zero-order valence-electron chi connectivity index (χ0n) is 10.3. The third-order valence-electron chi connectivity index (χ3n) is 2.74. The Balaban J connectivity index is 2.08. The Morgan fingerprint density at radius 2 is 2.22 bits per heavy atom. The first-order chi connectivity index (χ1) is 8.69. The molecule has 0 atom stereocenters. The predicted molar refractivity (Wildman–Crippen MR) is 71.3 cm³/mol. The minimum absolute atomic E-state index is 0.229. The second kappa shape index (κ2) is 6.01. The monoisotopic (exact) mass is 267 g/mol. The number of anilines is 1. The summed E-state index contributed by atoms with van der Waals surface area (Å²) < 4.78 is 0. The molecule has 1 saturated heterocycles. The van der Waals surface area contributed by atoms with Gasteiger partial charge in [-0.3, -0.25) is 10.2 Å². The van der Waals surface area contributed by atoms with Crippen LogP contribution in [0.15, 0.2) is 11.2 Å². The van der Waals surface area contributed by atoms with Gasteiger partial charge in [0.25, 0.3) is 0 Å². The van der Waals surface area contributed by atoms with Gasteiger partial charge in [0, 0.05) is 24.8 Å². The van der Waals surface area contributed by atoms with Gasteiger partial charge in [-0.2, -0.15) is 0 Å². The second-order valence-electron chi connectivity index (χ2n) is 4.20. The van der Waals surface area contributed by atoms with Gasteiger partial charge in [0.15, 0.2) is 5.16 Å². The maximum absolute atomic E-state index is 11.1. The van der Waals surface area contributed by atoms with Crippen molar-refractivity contribution in [3.63, 3.8) is 0 Å². The van der Waals surface area contributed by atoms with Gasteiger partial charge in [0.05, 0.1) is 5.75 Å². The molecular formula is C11H17N5OS. The number of nitrogens with zero attached hydrogens (tertiary/aromatic N) is 3. The van der Waals surface area contributed by atoms with Crippen molar-refractivity contribution in [2.45, 2.75) is 24.9 Å². The predicted octanol–water partition coefficient (Wildman–Crippen LogP) is 0.467. The van der Waals surface area contributed by atoms with Crippen molar-refractivity contribution in [2.24, 2.45) is 5.84 Å². The van der Waals surface area contributed by atoms with Crippen LogP contribution in [0.25, 0.3) is 0 Å². The number of carbonyl (C=O) groups is 1. The molecule has 0 saturated carbocycles. The lowest BCUT2D eigenvalue weighted by atomic mass is 10.4. The summed E-state index contributed by atoms with van der Waals surface area (Å²) in [4.78, 5) is 22.1. The highest BCUT2D eigenvalue weighted by Crippen LogP contribution is 2.22. The van der Waals surface area contributed by atoms with Crippen LogP contribution in [0.3, 0.4) is 0 Å². The third-order valence-corrected chi connectivity index (χ3v) is 3.59. The van der Waals surface area contributed by atoms with E-state index in [9.17, 15) is 4.79 Å². The Bertz CT molecular complexity index is 433. The largest absolute Gasteiger partial charge is 0.356 e. The molecule has 0 radical (unpaired) electrons. The molecule has 3 N–H and O–H groups in total. The van der Waals surface area contributed by atoms with E-state index in [0.29, 0.717) is 5.16 Å². The third kappa shape index (κ3) is 3.33. The van der Waals surface area contributed by atoms with Crippen LogP contribution in [0.2, 0.25) is 0 Å². The summed E-state index contributed by atoms with van der Waals surface area (Å²) >= 11 is 1.30. The van der Waals surface area contributed by atoms with E-state index in [1.54, 1.807) is 0 Å². The van der Waals surface area contributed by atoms with Crippen LogP contribution in [-0.2, 0) is 4.79 Å². The number of nitrogens with two attached hydrogens (primary N) is 1. The smallest absolute Gasteiger partial charge is 0.244 e. The van der Waals surface area contributed by atoms with Crippen LogP contribution >= 0.6 is 11.8 Å². The molecule has 1 aliphatic heterocycles. The number of hydrazine groups is 1. The Morgan fingerprint density at radius 3 is 2.89 bits per heavy atom. The molecule has 1 fully saturated rings. The lowest BCUT2D eigenvalue weighted by Crippen LogP contribution is -2.31. The average molecular weight is 267 g/mol. The number of carbonyl (C=O) groups excluding carboxylic acids is 1. The molecule has 1 aliphatic rings. The molecule has 2 heterocycles. The summed E-state index contributed by atoms with van der Waals surface area (Å²) in [5, 5.41) is 0.625. The van der Waals surface area contributed by atoms with Crippen molar-refractivity contribution >= 4 is 23.5 Å². The van der Waals surface area contributed by atoms with Gasteiger partial charge in [0.1, 0.15) is 5.82 Å². The van der Waals surface area contributed by atoms with Gasteiger partial charge >= 0.3 is 0 Å². The van der Waals surface area contributed by atoms with Crippen molar-refractivity contribution in [3.05, 3.63) is 11.8 Å². The minimum atomic E-state index is -0.229. The van der Waals surface area contributed by atoms with E-state index < -0.39 is 0 Å². The molecule has 18 heavy (non-hydrogen) atoms. The number of thioether (sulfide) groups is 1. The molecule has 0 unspecified atom stereocenters. The Morgan fingerprint density at radius 1 is 1.50 bits per heavy atom. The summed E-state index contributed by atoms with van der Waals surface area (Å²) in [6.07, 6.45) is 2.42. The highest BCUT2D eigenvalue weighted by Gasteiger charge is 2.15. The van der Waals surface area contributed by atoms with E-state index in [-0.39, 0.29) is 11.7 Å². The van der Waals surface area contributed by atoms with E-state index in [2.05, 4.69) is 20.3 Å². The number of rotatable bonds is 4. The summed E-state index contributed by atoms with van der Waals surface area (Å²) in [7, 11) is 0. The standard InChI is InChI=1S/C11H17N5OS/c1-8-6-9(16-4-2-3-5-16)14-11(13-8)18-7-10(17)15-12/h6H,2-5,7,12H2,1H3,(H,15,17). The summed E-state index contributed by atoms with van der Waals surface area (Å²) in [5.74, 6) is 5.99.